The van der Waals surface area contributed by atoms with Crippen molar-refractivity contribution >= 4 is 20.2 Å². The zero-order valence-corrected chi connectivity index (χ0v) is 9.94. The lowest BCUT2D eigenvalue weighted by molar-refractivity contribution is -0.107. The maximum atomic E-state index is 11.9. The SMILES string of the molecule is O=S1(=O)CC(OS(=O)(=O)CC(F)(F)F)CCO1. The molecule has 6 nitrogen and oxygen atoms in total. The van der Waals surface area contributed by atoms with Crippen molar-refractivity contribution in [2.24, 2.45) is 0 Å². The van der Waals surface area contributed by atoms with Gasteiger partial charge in [0.1, 0.15) is 5.75 Å². The van der Waals surface area contributed by atoms with Gasteiger partial charge in [0, 0.05) is 6.42 Å². The molecule has 1 saturated heterocycles. The Kier molecular flexibility index (Phi) is 4.06. The summed E-state index contributed by atoms with van der Waals surface area (Å²) in [4.78, 5) is 0. The molecule has 0 spiro atoms. The van der Waals surface area contributed by atoms with Crippen LogP contribution in [0.5, 0.6) is 0 Å². The van der Waals surface area contributed by atoms with Gasteiger partial charge < -0.3 is 0 Å². The first kappa shape index (κ1) is 14.7. The van der Waals surface area contributed by atoms with Crippen LogP contribution in [0.3, 0.4) is 0 Å². The molecule has 0 aromatic carbocycles. The molecule has 1 rings (SSSR count). The van der Waals surface area contributed by atoms with E-state index in [1.54, 1.807) is 0 Å². The Morgan fingerprint density at radius 2 is 1.94 bits per heavy atom. The number of rotatable bonds is 3. The third-order valence-electron chi connectivity index (χ3n) is 1.72. The lowest BCUT2D eigenvalue weighted by atomic mass is 10.3. The van der Waals surface area contributed by atoms with E-state index in [0.29, 0.717) is 0 Å². The molecule has 1 atom stereocenters. The van der Waals surface area contributed by atoms with E-state index in [9.17, 15) is 30.0 Å². The van der Waals surface area contributed by atoms with Gasteiger partial charge >= 0.3 is 6.18 Å². The van der Waals surface area contributed by atoms with Crippen molar-refractivity contribution in [3.05, 3.63) is 0 Å². The molecule has 0 radical (unpaired) electrons. The third-order valence-corrected chi connectivity index (χ3v) is 4.27. The molecule has 17 heavy (non-hydrogen) atoms. The molecule has 0 bridgehead atoms. The van der Waals surface area contributed by atoms with Gasteiger partial charge in [-0.25, -0.2) is 0 Å². The average molecular weight is 298 g/mol. The van der Waals surface area contributed by atoms with E-state index in [-0.39, 0.29) is 13.0 Å². The quantitative estimate of drug-likeness (QED) is 0.682. The Bertz CT molecular complexity index is 464. The first-order valence-electron chi connectivity index (χ1n) is 4.34. The van der Waals surface area contributed by atoms with Gasteiger partial charge in [0.2, 0.25) is 0 Å². The Morgan fingerprint density at radius 3 is 2.41 bits per heavy atom. The normalized spacial score (nSPS) is 25.7. The standard InChI is InChI=1S/C6H9F3O6S2/c7-6(8,9)4-17(12,13)15-5-1-2-14-16(10,11)3-5/h5H,1-4H2. The van der Waals surface area contributed by atoms with E-state index in [4.69, 9.17) is 0 Å². The molecule has 1 heterocycles. The average Bonchev–Trinajstić information content (AvgIpc) is 1.94. The number of halogens is 3. The van der Waals surface area contributed by atoms with E-state index >= 15 is 0 Å². The molecular formula is C6H9F3O6S2. The zero-order valence-electron chi connectivity index (χ0n) is 8.31. The molecule has 0 aromatic heterocycles. The van der Waals surface area contributed by atoms with Crippen LogP contribution < -0.4 is 0 Å². The van der Waals surface area contributed by atoms with Crippen molar-refractivity contribution < 1.29 is 38.4 Å². The van der Waals surface area contributed by atoms with Crippen LogP contribution in [-0.4, -0.2) is 47.2 Å². The van der Waals surface area contributed by atoms with Gasteiger partial charge in [-0.3, -0.25) is 8.37 Å². The number of hydrogen-bond acceptors (Lipinski definition) is 6. The van der Waals surface area contributed by atoms with Gasteiger partial charge in [-0.15, -0.1) is 0 Å². The topological polar surface area (TPSA) is 86.7 Å². The third kappa shape index (κ3) is 5.66. The molecule has 1 aliphatic rings. The van der Waals surface area contributed by atoms with Gasteiger partial charge in [0.25, 0.3) is 20.2 Å². The Labute approximate surface area is 96.0 Å². The highest BCUT2D eigenvalue weighted by atomic mass is 32.2. The fourth-order valence-corrected chi connectivity index (χ4v) is 3.45. The lowest BCUT2D eigenvalue weighted by Gasteiger charge is -2.21. The monoisotopic (exact) mass is 298 g/mol. The van der Waals surface area contributed by atoms with Crippen molar-refractivity contribution in [3.63, 3.8) is 0 Å². The summed E-state index contributed by atoms with van der Waals surface area (Å²) in [6.07, 6.45) is -6.36. The van der Waals surface area contributed by atoms with Crippen LogP contribution in [-0.2, 0) is 28.6 Å². The van der Waals surface area contributed by atoms with E-state index in [0.717, 1.165) is 0 Å². The highest BCUT2D eigenvalue weighted by molar-refractivity contribution is 7.87. The molecule has 102 valence electrons. The first-order chi connectivity index (χ1) is 7.49. The van der Waals surface area contributed by atoms with Crippen LogP contribution in [0, 0.1) is 0 Å². The Morgan fingerprint density at radius 1 is 1.35 bits per heavy atom. The van der Waals surface area contributed by atoms with E-state index in [1.807, 2.05) is 0 Å². The Hall–Kier alpha value is -0.390. The molecule has 0 amide bonds. The fraction of sp³-hybridized carbons (Fsp3) is 1.00. The predicted octanol–water partition coefficient (Wildman–Crippen LogP) is 0.0138. The van der Waals surface area contributed by atoms with Crippen LogP contribution in [0.15, 0.2) is 0 Å². The molecule has 0 saturated carbocycles. The maximum Gasteiger partial charge on any atom is 0.405 e. The predicted molar refractivity (Wildman–Crippen MR) is 49.1 cm³/mol. The smallest absolute Gasteiger partial charge is 0.270 e. The maximum absolute atomic E-state index is 11.9. The number of hydrogen-bond donors (Lipinski definition) is 0. The van der Waals surface area contributed by atoms with Gasteiger partial charge in [-0.2, -0.15) is 30.0 Å². The summed E-state index contributed by atoms with van der Waals surface area (Å²) in [5.74, 6) is -2.92. The minimum Gasteiger partial charge on any atom is -0.270 e. The lowest BCUT2D eigenvalue weighted by Crippen LogP contribution is -2.36. The summed E-state index contributed by atoms with van der Waals surface area (Å²) in [6.45, 7) is -0.311. The minimum absolute atomic E-state index is 0.101. The zero-order chi connectivity index (χ0) is 13.3. The van der Waals surface area contributed by atoms with Crippen molar-refractivity contribution in [1.82, 2.24) is 0 Å². The van der Waals surface area contributed by atoms with Gasteiger partial charge in [-0.05, 0) is 0 Å². The van der Waals surface area contributed by atoms with E-state index in [2.05, 4.69) is 8.37 Å². The summed E-state index contributed by atoms with van der Waals surface area (Å²) >= 11 is 0. The molecule has 11 heteroatoms. The highest BCUT2D eigenvalue weighted by Gasteiger charge is 2.38. The molecule has 0 N–H and O–H groups in total. The summed E-state index contributed by atoms with van der Waals surface area (Å²) in [5.41, 5.74) is 0. The summed E-state index contributed by atoms with van der Waals surface area (Å²) in [5, 5.41) is 0. The van der Waals surface area contributed by atoms with Gasteiger partial charge in [0.05, 0.1) is 12.7 Å². The van der Waals surface area contributed by atoms with Crippen molar-refractivity contribution in [2.75, 3.05) is 18.1 Å². The molecule has 1 fully saturated rings. The largest absolute Gasteiger partial charge is 0.405 e. The minimum atomic E-state index is -4.93. The summed E-state index contributed by atoms with van der Waals surface area (Å²) in [6, 6.07) is 0. The van der Waals surface area contributed by atoms with Crippen LogP contribution >= 0.6 is 0 Å². The second-order valence-corrected chi connectivity index (χ2v) is 6.65. The van der Waals surface area contributed by atoms with E-state index in [1.165, 1.54) is 0 Å². The second kappa shape index (κ2) is 4.71. The molecule has 1 unspecified atom stereocenters. The second-order valence-electron chi connectivity index (χ2n) is 3.37. The first-order valence-corrected chi connectivity index (χ1v) is 7.49. The van der Waals surface area contributed by atoms with Crippen molar-refractivity contribution in [3.8, 4) is 0 Å². The van der Waals surface area contributed by atoms with Crippen molar-refractivity contribution in [1.29, 1.82) is 0 Å². The van der Waals surface area contributed by atoms with Crippen LogP contribution in [0.25, 0.3) is 0 Å². The molecule has 1 aliphatic heterocycles. The fourth-order valence-electron chi connectivity index (χ4n) is 1.18. The summed E-state index contributed by atoms with van der Waals surface area (Å²) in [7, 11) is -8.75. The van der Waals surface area contributed by atoms with Gasteiger partial charge in [0.15, 0.2) is 5.75 Å². The van der Waals surface area contributed by atoms with Crippen LogP contribution in [0.2, 0.25) is 0 Å². The van der Waals surface area contributed by atoms with Crippen LogP contribution in [0.1, 0.15) is 6.42 Å². The summed E-state index contributed by atoms with van der Waals surface area (Å²) < 4.78 is 87.8. The molecule has 0 aliphatic carbocycles. The number of alkyl halides is 3. The van der Waals surface area contributed by atoms with Gasteiger partial charge in [-0.1, -0.05) is 0 Å². The highest BCUT2D eigenvalue weighted by Crippen LogP contribution is 2.21. The molecule has 0 aromatic rings. The molecular weight excluding hydrogens is 289 g/mol. The van der Waals surface area contributed by atoms with Crippen molar-refractivity contribution in [2.45, 2.75) is 18.7 Å². The van der Waals surface area contributed by atoms with Crippen LogP contribution in [0.4, 0.5) is 13.2 Å². The van der Waals surface area contributed by atoms with E-state index < -0.39 is 44.0 Å². The Balaban J connectivity index is 2.66.